The molecule has 0 saturated carbocycles. The molecule has 0 aromatic heterocycles. The molecule has 0 saturated heterocycles. The average molecular weight is 507 g/mol. The minimum absolute atomic E-state index is 0. The summed E-state index contributed by atoms with van der Waals surface area (Å²) in [7, 11) is 3.19. The maximum atomic E-state index is 12.5. The van der Waals surface area contributed by atoms with Crippen molar-refractivity contribution < 1.29 is 23.0 Å². The Balaban J connectivity index is 0.00000392. The lowest BCUT2D eigenvalue weighted by Crippen LogP contribution is -2.30. The second-order valence-electron chi connectivity index (χ2n) is 5.34. The van der Waals surface area contributed by atoms with E-state index in [1.807, 2.05) is 13.0 Å². The first-order valence-corrected chi connectivity index (χ1v) is 8.38. The highest BCUT2D eigenvalue weighted by Gasteiger charge is 2.10. The van der Waals surface area contributed by atoms with Gasteiger partial charge in [-0.2, -0.15) is 8.78 Å². The van der Waals surface area contributed by atoms with Crippen molar-refractivity contribution >= 4 is 35.6 Å². The predicted octanol–water partition coefficient (Wildman–Crippen LogP) is 4.50. The molecule has 0 aliphatic heterocycles. The molecule has 0 heterocycles. The first-order chi connectivity index (χ1) is 13.1. The molecule has 0 spiro atoms. The van der Waals surface area contributed by atoms with E-state index in [0.29, 0.717) is 29.6 Å². The molecule has 2 N–H and O–H groups in total. The van der Waals surface area contributed by atoms with Crippen LogP contribution < -0.4 is 24.8 Å². The van der Waals surface area contributed by atoms with Crippen LogP contribution in [0.15, 0.2) is 47.5 Å². The second kappa shape index (κ2) is 12.2. The Morgan fingerprint density at radius 2 is 1.86 bits per heavy atom. The van der Waals surface area contributed by atoms with Crippen LogP contribution in [0, 0.1) is 0 Å². The summed E-state index contributed by atoms with van der Waals surface area (Å²) in [5.74, 6) is 1.83. The van der Waals surface area contributed by atoms with Gasteiger partial charge in [0.25, 0.3) is 0 Å². The minimum atomic E-state index is -2.88. The highest BCUT2D eigenvalue weighted by molar-refractivity contribution is 14.0. The van der Waals surface area contributed by atoms with Crippen molar-refractivity contribution in [2.45, 2.75) is 20.1 Å². The van der Waals surface area contributed by atoms with E-state index < -0.39 is 6.61 Å². The molecule has 0 unspecified atom stereocenters. The first kappa shape index (κ1) is 23.7. The maximum absolute atomic E-state index is 12.5. The van der Waals surface area contributed by atoms with Gasteiger partial charge in [-0.05, 0) is 25.1 Å². The number of methoxy groups -OCH3 is 1. The molecule has 154 valence electrons. The molecule has 2 rings (SSSR count). The SMILES string of the molecule is CCOc1cc(NC(=NC)NCc2ccccc2OC(F)F)ccc1OC.I. The standard InChI is InChI=1S/C19H23F2N3O3.HI/c1-4-26-17-11-14(9-10-16(17)25-3)24-19(22-2)23-12-13-7-5-6-8-15(13)27-18(20)21;/h5-11,18H,4,12H2,1-3H3,(H2,22,23,24);1H. The van der Waals surface area contributed by atoms with Crippen LogP contribution in [-0.2, 0) is 6.54 Å². The molecule has 2 aromatic carbocycles. The number of nitrogens with zero attached hydrogens (tertiary/aromatic N) is 1. The van der Waals surface area contributed by atoms with E-state index in [4.69, 9.17) is 9.47 Å². The number of halogens is 3. The lowest BCUT2D eigenvalue weighted by molar-refractivity contribution is -0.0504. The van der Waals surface area contributed by atoms with Crippen molar-refractivity contribution in [2.75, 3.05) is 26.1 Å². The molecular weight excluding hydrogens is 483 g/mol. The summed E-state index contributed by atoms with van der Waals surface area (Å²) in [6, 6.07) is 12.0. The summed E-state index contributed by atoms with van der Waals surface area (Å²) in [4.78, 5) is 4.14. The minimum Gasteiger partial charge on any atom is -0.493 e. The maximum Gasteiger partial charge on any atom is 0.387 e. The zero-order valence-electron chi connectivity index (χ0n) is 15.9. The van der Waals surface area contributed by atoms with Gasteiger partial charge in [-0.15, -0.1) is 24.0 Å². The van der Waals surface area contributed by atoms with E-state index in [9.17, 15) is 8.78 Å². The van der Waals surface area contributed by atoms with Crippen molar-refractivity contribution in [1.29, 1.82) is 0 Å². The number of ether oxygens (including phenoxy) is 3. The topological polar surface area (TPSA) is 64.1 Å². The summed E-state index contributed by atoms with van der Waals surface area (Å²) < 4.78 is 40.4. The van der Waals surface area contributed by atoms with Gasteiger partial charge in [-0.3, -0.25) is 4.99 Å². The van der Waals surface area contributed by atoms with Gasteiger partial charge in [0, 0.05) is 30.9 Å². The number of alkyl halides is 2. The Labute approximate surface area is 180 Å². The van der Waals surface area contributed by atoms with Crippen LogP contribution >= 0.6 is 24.0 Å². The van der Waals surface area contributed by atoms with Gasteiger partial charge in [0.1, 0.15) is 5.75 Å². The lowest BCUT2D eigenvalue weighted by Gasteiger charge is -2.16. The third-order valence-electron chi connectivity index (χ3n) is 3.58. The molecular formula is C19H24F2IN3O3. The van der Waals surface area contributed by atoms with Crippen LogP contribution in [0.25, 0.3) is 0 Å². The Bertz CT molecular complexity index is 776. The summed E-state index contributed by atoms with van der Waals surface area (Å²) in [5.41, 5.74) is 1.33. The zero-order valence-corrected chi connectivity index (χ0v) is 18.2. The molecule has 6 nitrogen and oxygen atoms in total. The predicted molar refractivity (Wildman–Crippen MR) is 116 cm³/mol. The van der Waals surface area contributed by atoms with Crippen molar-refractivity contribution in [2.24, 2.45) is 4.99 Å². The summed E-state index contributed by atoms with van der Waals surface area (Å²) >= 11 is 0. The Morgan fingerprint density at radius 1 is 1.11 bits per heavy atom. The quantitative estimate of drug-likeness (QED) is 0.313. The van der Waals surface area contributed by atoms with Crippen LogP contribution in [0.5, 0.6) is 17.2 Å². The zero-order chi connectivity index (χ0) is 19.6. The highest BCUT2D eigenvalue weighted by Crippen LogP contribution is 2.30. The van der Waals surface area contributed by atoms with Crippen molar-refractivity contribution in [3.8, 4) is 17.2 Å². The number of para-hydroxylation sites is 1. The van der Waals surface area contributed by atoms with Crippen LogP contribution in [0.1, 0.15) is 12.5 Å². The monoisotopic (exact) mass is 507 g/mol. The highest BCUT2D eigenvalue weighted by atomic mass is 127. The van der Waals surface area contributed by atoms with Gasteiger partial charge in [-0.1, -0.05) is 18.2 Å². The third-order valence-corrected chi connectivity index (χ3v) is 3.58. The van der Waals surface area contributed by atoms with E-state index in [1.165, 1.54) is 6.07 Å². The molecule has 0 aliphatic carbocycles. The summed E-state index contributed by atoms with van der Waals surface area (Å²) in [6.07, 6.45) is 0. The van der Waals surface area contributed by atoms with Crippen LogP contribution in [-0.4, -0.2) is 33.3 Å². The number of benzene rings is 2. The summed E-state index contributed by atoms with van der Waals surface area (Å²) in [6.45, 7) is -0.219. The number of hydrogen-bond acceptors (Lipinski definition) is 4. The molecule has 9 heteroatoms. The number of guanidine groups is 1. The number of hydrogen-bond donors (Lipinski definition) is 2. The molecule has 0 fully saturated rings. The van der Waals surface area contributed by atoms with Gasteiger partial charge >= 0.3 is 6.61 Å². The molecule has 0 amide bonds. The van der Waals surface area contributed by atoms with Crippen LogP contribution in [0.3, 0.4) is 0 Å². The molecule has 2 aromatic rings. The molecule has 0 atom stereocenters. The largest absolute Gasteiger partial charge is 0.493 e. The van der Waals surface area contributed by atoms with Crippen LogP contribution in [0.4, 0.5) is 14.5 Å². The number of aliphatic imine (C=N–C) groups is 1. The van der Waals surface area contributed by atoms with Crippen LogP contribution in [0.2, 0.25) is 0 Å². The van der Waals surface area contributed by atoms with Crippen molar-refractivity contribution in [3.05, 3.63) is 48.0 Å². The van der Waals surface area contributed by atoms with Gasteiger partial charge < -0.3 is 24.8 Å². The van der Waals surface area contributed by atoms with Crippen molar-refractivity contribution in [1.82, 2.24) is 5.32 Å². The van der Waals surface area contributed by atoms with E-state index in [1.54, 1.807) is 44.5 Å². The fourth-order valence-corrected chi connectivity index (χ4v) is 2.38. The van der Waals surface area contributed by atoms with Gasteiger partial charge in [0.05, 0.1) is 13.7 Å². The summed E-state index contributed by atoms with van der Waals surface area (Å²) in [5, 5.41) is 6.19. The molecule has 0 aliphatic rings. The molecule has 28 heavy (non-hydrogen) atoms. The molecule has 0 bridgehead atoms. The van der Waals surface area contributed by atoms with Gasteiger partial charge in [0.15, 0.2) is 17.5 Å². The molecule has 0 radical (unpaired) electrons. The first-order valence-electron chi connectivity index (χ1n) is 8.38. The van der Waals surface area contributed by atoms with E-state index in [2.05, 4.69) is 20.4 Å². The van der Waals surface area contributed by atoms with Gasteiger partial charge in [0.2, 0.25) is 0 Å². The smallest absolute Gasteiger partial charge is 0.387 e. The van der Waals surface area contributed by atoms with E-state index in [0.717, 1.165) is 5.69 Å². The number of rotatable bonds is 8. The fourth-order valence-electron chi connectivity index (χ4n) is 2.38. The Hall–Kier alpha value is -2.30. The van der Waals surface area contributed by atoms with E-state index >= 15 is 0 Å². The lowest BCUT2D eigenvalue weighted by atomic mass is 10.2. The van der Waals surface area contributed by atoms with Crippen molar-refractivity contribution in [3.63, 3.8) is 0 Å². The van der Waals surface area contributed by atoms with Gasteiger partial charge in [-0.25, -0.2) is 0 Å². The number of anilines is 1. The fraction of sp³-hybridized carbons (Fsp3) is 0.316. The average Bonchev–Trinajstić information content (AvgIpc) is 2.66. The number of nitrogens with one attached hydrogen (secondary N) is 2. The van der Waals surface area contributed by atoms with E-state index in [-0.39, 0.29) is 36.3 Å². The third kappa shape index (κ3) is 7.02. The Morgan fingerprint density at radius 3 is 2.50 bits per heavy atom. The Kier molecular flexibility index (Phi) is 10.4. The normalized spacial score (nSPS) is 10.9. The second-order valence-corrected chi connectivity index (χ2v) is 5.34.